The summed E-state index contributed by atoms with van der Waals surface area (Å²) in [5.74, 6) is 0.754. The maximum atomic E-state index is 4.18. The summed E-state index contributed by atoms with van der Waals surface area (Å²) in [5, 5.41) is 12.1. The second-order valence-electron chi connectivity index (χ2n) is 6.58. The van der Waals surface area contributed by atoms with E-state index in [0.717, 1.165) is 17.1 Å². The van der Waals surface area contributed by atoms with E-state index in [-0.39, 0.29) is 5.41 Å². The number of aryl methyl sites for hydroxylation is 1. The zero-order valence-electron chi connectivity index (χ0n) is 13.4. The average molecular weight is 292 g/mol. The van der Waals surface area contributed by atoms with Gasteiger partial charge in [0.15, 0.2) is 5.82 Å². The van der Waals surface area contributed by atoms with Crippen LogP contribution in [-0.4, -0.2) is 20.2 Å². The zero-order chi connectivity index (χ0) is 15.7. The summed E-state index contributed by atoms with van der Waals surface area (Å²) in [5.41, 5.74) is 4.63. The lowest BCUT2D eigenvalue weighted by Crippen LogP contribution is -2.10. The van der Waals surface area contributed by atoms with Gasteiger partial charge in [-0.1, -0.05) is 62.7 Å². The van der Waals surface area contributed by atoms with E-state index in [1.54, 1.807) is 4.68 Å². The van der Waals surface area contributed by atoms with Crippen molar-refractivity contribution in [2.24, 2.45) is 0 Å². The number of aromatic nitrogens is 4. The minimum atomic E-state index is 0.140. The van der Waals surface area contributed by atoms with Crippen molar-refractivity contribution in [1.29, 1.82) is 0 Å². The number of hydrogen-bond donors (Lipinski definition) is 0. The van der Waals surface area contributed by atoms with Crippen LogP contribution in [0.5, 0.6) is 0 Å². The number of tetrazole rings is 1. The second kappa shape index (κ2) is 5.37. The Hall–Kier alpha value is -2.49. The highest BCUT2D eigenvalue weighted by atomic mass is 15.5. The molecule has 0 N–H and O–H groups in total. The largest absolute Gasteiger partial charge is 0.193 e. The van der Waals surface area contributed by atoms with Crippen molar-refractivity contribution in [3.63, 3.8) is 0 Å². The molecule has 0 unspecified atom stereocenters. The lowest BCUT2D eigenvalue weighted by Gasteiger charge is -2.19. The van der Waals surface area contributed by atoms with Gasteiger partial charge in [-0.15, -0.1) is 5.10 Å². The van der Waals surface area contributed by atoms with E-state index in [9.17, 15) is 0 Å². The molecule has 1 aromatic heterocycles. The van der Waals surface area contributed by atoms with Gasteiger partial charge >= 0.3 is 0 Å². The first-order valence-corrected chi connectivity index (χ1v) is 7.41. The first-order chi connectivity index (χ1) is 10.4. The molecule has 0 fully saturated rings. The summed E-state index contributed by atoms with van der Waals surface area (Å²) in [6.45, 7) is 8.69. The van der Waals surface area contributed by atoms with Crippen LogP contribution in [0.3, 0.4) is 0 Å². The van der Waals surface area contributed by atoms with E-state index in [0.29, 0.717) is 0 Å². The Morgan fingerprint density at radius 3 is 2.09 bits per heavy atom. The van der Waals surface area contributed by atoms with Crippen molar-refractivity contribution in [1.82, 2.24) is 20.2 Å². The lowest BCUT2D eigenvalue weighted by molar-refractivity contribution is 0.590. The van der Waals surface area contributed by atoms with E-state index >= 15 is 0 Å². The Morgan fingerprint density at radius 1 is 0.864 bits per heavy atom. The molecular weight excluding hydrogens is 272 g/mol. The minimum absolute atomic E-state index is 0.140. The van der Waals surface area contributed by atoms with Crippen molar-refractivity contribution in [2.75, 3.05) is 0 Å². The average Bonchev–Trinajstić information content (AvgIpc) is 2.97. The number of nitrogens with zero attached hydrogens (tertiary/aromatic N) is 4. The molecule has 0 atom stereocenters. The fourth-order valence-corrected chi connectivity index (χ4v) is 2.35. The van der Waals surface area contributed by atoms with Crippen molar-refractivity contribution < 1.29 is 0 Å². The van der Waals surface area contributed by atoms with Crippen molar-refractivity contribution in [3.05, 3.63) is 59.7 Å². The fraction of sp³-hybridized carbons (Fsp3) is 0.278. The van der Waals surface area contributed by atoms with Gasteiger partial charge in [-0.2, -0.15) is 4.68 Å². The summed E-state index contributed by atoms with van der Waals surface area (Å²) in [6, 6.07) is 16.6. The van der Waals surface area contributed by atoms with Crippen LogP contribution in [0.4, 0.5) is 0 Å². The van der Waals surface area contributed by atoms with Gasteiger partial charge in [-0.05, 0) is 40.5 Å². The minimum Gasteiger partial charge on any atom is -0.193 e. The predicted octanol–water partition coefficient (Wildman–Crippen LogP) is 3.94. The fourth-order valence-electron chi connectivity index (χ4n) is 2.35. The van der Waals surface area contributed by atoms with E-state index in [4.69, 9.17) is 0 Å². The van der Waals surface area contributed by atoms with Crippen LogP contribution in [-0.2, 0) is 5.41 Å². The second-order valence-corrected chi connectivity index (χ2v) is 6.58. The molecular formula is C18H20N4. The van der Waals surface area contributed by atoms with Crippen LogP contribution in [0.25, 0.3) is 17.1 Å². The third-order valence-corrected chi connectivity index (χ3v) is 3.76. The molecule has 1 heterocycles. The molecule has 3 rings (SSSR count). The van der Waals surface area contributed by atoms with Crippen LogP contribution in [0.1, 0.15) is 31.9 Å². The first kappa shape index (κ1) is 14.4. The van der Waals surface area contributed by atoms with E-state index in [1.165, 1.54) is 11.1 Å². The summed E-state index contributed by atoms with van der Waals surface area (Å²) in [7, 11) is 0. The molecule has 4 heteroatoms. The van der Waals surface area contributed by atoms with Crippen molar-refractivity contribution in [3.8, 4) is 17.1 Å². The molecule has 0 aliphatic rings. The molecule has 0 aliphatic carbocycles. The standard InChI is InChI=1S/C18H20N4/c1-13-5-11-16(12-6-13)22-17(19-20-21-22)14-7-9-15(10-8-14)18(2,3)4/h5-12H,1-4H3. The molecule has 0 saturated carbocycles. The summed E-state index contributed by atoms with van der Waals surface area (Å²) < 4.78 is 1.77. The van der Waals surface area contributed by atoms with Crippen LogP contribution in [0, 0.1) is 6.92 Å². The molecule has 22 heavy (non-hydrogen) atoms. The number of hydrogen-bond acceptors (Lipinski definition) is 3. The highest BCUT2D eigenvalue weighted by Gasteiger charge is 2.15. The molecule has 2 aromatic carbocycles. The van der Waals surface area contributed by atoms with Gasteiger partial charge in [0.05, 0.1) is 5.69 Å². The molecule has 0 aliphatic heterocycles. The highest BCUT2D eigenvalue weighted by Crippen LogP contribution is 2.26. The normalized spacial score (nSPS) is 11.6. The quantitative estimate of drug-likeness (QED) is 0.718. The van der Waals surface area contributed by atoms with Gasteiger partial charge in [0.2, 0.25) is 0 Å². The van der Waals surface area contributed by atoms with Gasteiger partial charge in [0.25, 0.3) is 0 Å². The summed E-state index contributed by atoms with van der Waals surface area (Å²) in [6.07, 6.45) is 0. The van der Waals surface area contributed by atoms with E-state index in [1.807, 2.05) is 12.1 Å². The molecule has 0 spiro atoms. The Balaban J connectivity index is 2.00. The van der Waals surface area contributed by atoms with Gasteiger partial charge in [-0.25, -0.2) is 0 Å². The number of rotatable bonds is 2. The molecule has 3 aromatic rings. The van der Waals surface area contributed by atoms with Gasteiger partial charge in [0, 0.05) is 5.56 Å². The smallest absolute Gasteiger partial charge is 0.187 e. The first-order valence-electron chi connectivity index (χ1n) is 7.41. The SMILES string of the molecule is Cc1ccc(-n2nnnc2-c2ccc(C(C)(C)C)cc2)cc1. The summed E-state index contributed by atoms with van der Waals surface area (Å²) >= 11 is 0. The molecule has 0 radical (unpaired) electrons. The van der Waals surface area contributed by atoms with Crippen LogP contribution >= 0.6 is 0 Å². The van der Waals surface area contributed by atoms with Crippen LogP contribution in [0.15, 0.2) is 48.5 Å². The van der Waals surface area contributed by atoms with Gasteiger partial charge in [-0.3, -0.25) is 0 Å². The predicted molar refractivity (Wildman–Crippen MR) is 88.0 cm³/mol. The summed E-state index contributed by atoms with van der Waals surface area (Å²) in [4.78, 5) is 0. The third-order valence-electron chi connectivity index (χ3n) is 3.76. The topological polar surface area (TPSA) is 43.6 Å². The Labute approximate surface area is 130 Å². The monoisotopic (exact) mass is 292 g/mol. The van der Waals surface area contributed by atoms with Gasteiger partial charge < -0.3 is 0 Å². The maximum Gasteiger partial charge on any atom is 0.187 e. The molecule has 0 bridgehead atoms. The van der Waals surface area contributed by atoms with E-state index in [2.05, 4.69) is 79.6 Å². The highest BCUT2D eigenvalue weighted by molar-refractivity contribution is 5.58. The van der Waals surface area contributed by atoms with Crippen LogP contribution in [0.2, 0.25) is 0 Å². The zero-order valence-corrected chi connectivity index (χ0v) is 13.4. The van der Waals surface area contributed by atoms with Crippen molar-refractivity contribution in [2.45, 2.75) is 33.1 Å². The molecule has 4 nitrogen and oxygen atoms in total. The van der Waals surface area contributed by atoms with E-state index < -0.39 is 0 Å². The number of benzene rings is 2. The maximum absolute atomic E-state index is 4.18. The van der Waals surface area contributed by atoms with Crippen molar-refractivity contribution >= 4 is 0 Å². The van der Waals surface area contributed by atoms with Gasteiger partial charge in [0.1, 0.15) is 0 Å². The molecule has 0 saturated heterocycles. The lowest BCUT2D eigenvalue weighted by atomic mass is 9.87. The third kappa shape index (κ3) is 2.77. The van der Waals surface area contributed by atoms with Crippen LogP contribution < -0.4 is 0 Å². The Bertz CT molecular complexity index is 762. The molecule has 112 valence electrons. The molecule has 0 amide bonds. The Morgan fingerprint density at radius 2 is 1.50 bits per heavy atom. The Kier molecular flexibility index (Phi) is 3.53.